The molecule has 1 saturated carbocycles. The number of rotatable bonds is 7. The number of hydrogen-bond acceptors (Lipinski definition) is 4. The largest absolute Gasteiger partial charge is 0.478 e. The number of likely N-dealkylation sites (tertiary alicyclic amines) is 1. The van der Waals surface area contributed by atoms with Crippen molar-refractivity contribution >= 4 is 12.8 Å². The zero-order valence-electron chi connectivity index (χ0n) is 22.7. The van der Waals surface area contributed by atoms with E-state index >= 15 is 0 Å². The normalized spacial score (nSPS) is 20.2. The number of nitrogens with one attached hydrogen (secondary N) is 1. The highest BCUT2D eigenvalue weighted by molar-refractivity contribution is 5.87. The van der Waals surface area contributed by atoms with E-state index in [2.05, 4.69) is 37.3 Å². The fraction of sp³-hybridized carbons (Fsp3) is 0.469. The molecular weight excluding hydrogens is 476 g/mol. The summed E-state index contributed by atoms with van der Waals surface area (Å²) in [5.41, 5.74) is 1.70. The molecule has 2 fully saturated rings. The van der Waals surface area contributed by atoms with Gasteiger partial charge in [0.25, 0.3) is 0 Å². The monoisotopic (exact) mass is 519 g/mol. The highest BCUT2D eigenvalue weighted by atomic mass is 16.4. The van der Waals surface area contributed by atoms with Crippen LogP contribution in [0.2, 0.25) is 0 Å². The number of hydrogen-bond donors (Lipinski definition) is 2. The van der Waals surface area contributed by atoms with Crippen molar-refractivity contribution in [3.8, 4) is 0 Å². The van der Waals surface area contributed by atoms with Crippen LogP contribution in [0.25, 0.3) is 0 Å². The molecule has 3 aromatic rings. The first-order valence-electron chi connectivity index (χ1n) is 14.0. The standard InChI is InChI=1S/C24H34N2O.C7H6O2.CH2O/c1-2-19-13-15-26(16-14-19)18-22-17-25-24(27-22)23(20-9-5-3-6-10-20)21-11-7-4-8-12-21;8-7(9)6-4-2-1-3-5-6;1-2/h3,5-6,9-10,17,19,21,23H,2,4,7-8,11-16,18H2,1H3;1-5H,(H,8,9);1H2/p+1. The van der Waals surface area contributed by atoms with Crippen LogP contribution >= 0.6 is 0 Å². The van der Waals surface area contributed by atoms with Gasteiger partial charge in [-0.05, 0) is 55.2 Å². The number of carboxylic acid groups (broad SMARTS) is 1. The van der Waals surface area contributed by atoms with Gasteiger partial charge in [0.1, 0.15) is 13.3 Å². The maximum atomic E-state index is 10.2. The lowest BCUT2D eigenvalue weighted by Crippen LogP contribution is -3.11. The van der Waals surface area contributed by atoms with Gasteiger partial charge in [0, 0.05) is 0 Å². The second-order valence-corrected chi connectivity index (χ2v) is 10.4. The number of quaternary nitrogens is 1. The number of carbonyl (C=O) groups is 2. The second kappa shape index (κ2) is 15.9. The average Bonchev–Trinajstić information content (AvgIpc) is 3.44. The minimum absolute atomic E-state index is 0.320. The number of nitrogens with zero attached hydrogens (tertiary/aromatic N) is 1. The number of oxazole rings is 1. The molecule has 2 heterocycles. The van der Waals surface area contributed by atoms with Crippen molar-refractivity contribution in [3.63, 3.8) is 0 Å². The molecule has 204 valence electrons. The Hall–Kier alpha value is -3.25. The van der Waals surface area contributed by atoms with Crippen molar-refractivity contribution in [3.05, 3.63) is 89.6 Å². The molecule has 1 atom stereocenters. The van der Waals surface area contributed by atoms with Gasteiger partial charge in [-0.25, -0.2) is 9.78 Å². The smallest absolute Gasteiger partial charge is 0.335 e. The van der Waals surface area contributed by atoms with Crippen molar-refractivity contribution < 1.29 is 24.0 Å². The molecule has 1 saturated heterocycles. The predicted molar refractivity (Wildman–Crippen MR) is 149 cm³/mol. The van der Waals surface area contributed by atoms with Gasteiger partial charge in [-0.1, -0.05) is 81.1 Å². The SMILES string of the molecule is C=O.CCC1CC[NH+](Cc2cnc(C(c3ccccc3)C3CCCCC3)o2)CC1.O=C(O)c1ccccc1. The van der Waals surface area contributed by atoms with Gasteiger partial charge >= 0.3 is 5.97 Å². The summed E-state index contributed by atoms with van der Waals surface area (Å²) < 4.78 is 6.38. The number of carbonyl (C=O) groups excluding carboxylic acids is 1. The fourth-order valence-corrected chi connectivity index (χ4v) is 5.79. The lowest BCUT2D eigenvalue weighted by molar-refractivity contribution is -0.920. The molecule has 6 nitrogen and oxygen atoms in total. The van der Waals surface area contributed by atoms with Crippen LogP contribution in [0.3, 0.4) is 0 Å². The van der Waals surface area contributed by atoms with Crippen molar-refractivity contribution in [1.29, 1.82) is 0 Å². The highest BCUT2D eigenvalue weighted by Gasteiger charge is 2.31. The molecule has 0 bridgehead atoms. The van der Waals surface area contributed by atoms with Crippen LogP contribution in [0.4, 0.5) is 0 Å². The zero-order valence-corrected chi connectivity index (χ0v) is 22.7. The summed E-state index contributed by atoms with van der Waals surface area (Å²) in [5.74, 6) is 3.07. The molecule has 5 rings (SSSR count). The maximum absolute atomic E-state index is 10.2. The molecule has 38 heavy (non-hydrogen) atoms. The third-order valence-electron chi connectivity index (χ3n) is 7.95. The van der Waals surface area contributed by atoms with Crippen LogP contribution < -0.4 is 4.90 Å². The van der Waals surface area contributed by atoms with E-state index in [0.29, 0.717) is 17.4 Å². The quantitative estimate of drug-likeness (QED) is 0.413. The fourth-order valence-electron chi connectivity index (χ4n) is 5.79. The molecular formula is C32H43N2O4+. The Kier molecular flexibility index (Phi) is 12.2. The van der Waals surface area contributed by atoms with Gasteiger partial charge in [0.2, 0.25) is 5.89 Å². The highest BCUT2D eigenvalue weighted by Crippen LogP contribution is 2.40. The van der Waals surface area contributed by atoms with Crippen molar-refractivity contribution in [2.75, 3.05) is 13.1 Å². The number of aromatic nitrogens is 1. The van der Waals surface area contributed by atoms with Crippen molar-refractivity contribution in [2.24, 2.45) is 11.8 Å². The van der Waals surface area contributed by atoms with E-state index < -0.39 is 5.97 Å². The summed E-state index contributed by atoms with van der Waals surface area (Å²) in [6, 6.07) is 19.2. The Morgan fingerprint density at radius 3 is 2.13 bits per heavy atom. The van der Waals surface area contributed by atoms with Gasteiger partial charge in [-0.2, -0.15) is 0 Å². The first-order chi connectivity index (χ1) is 18.6. The summed E-state index contributed by atoms with van der Waals surface area (Å²) in [5, 5.41) is 8.38. The molecule has 0 spiro atoms. The second-order valence-electron chi connectivity index (χ2n) is 10.4. The Morgan fingerprint density at radius 1 is 0.974 bits per heavy atom. The van der Waals surface area contributed by atoms with E-state index in [1.165, 1.54) is 70.0 Å². The number of benzene rings is 2. The van der Waals surface area contributed by atoms with E-state index in [1.54, 1.807) is 35.2 Å². The zero-order chi connectivity index (χ0) is 27.2. The van der Waals surface area contributed by atoms with E-state index in [-0.39, 0.29) is 0 Å². The van der Waals surface area contributed by atoms with Crippen LogP contribution in [0, 0.1) is 11.8 Å². The molecule has 1 unspecified atom stereocenters. The van der Waals surface area contributed by atoms with Crippen LogP contribution in [-0.2, 0) is 11.3 Å². The third kappa shape index (κ3) is 8.66. The lowest BCUT2D eigenvalue weighted by atomic mass is 9.77. The number of piperidine rings is 1. The molecule has 1 aliphatic carbocycles. The minimum Gasteiger partial charge on any atom is -0.478 e. The molecule has 1 aliphatic heterocycles. The average molecular weight is 520 g/mol. The molecule has 2 N–H and O–H groups in total. The van der Waals surface area contributed by atoms with Crippen LogP contribution in [-0.4, -0.2) is 35.9 Å². The molecule has 6 heteroatoms. The van der Waals surface area contributed by atoms with E-state index in [0.717, 1.165) is 24.1 Å². The van der Waals surface area contributed by atoms with E-state index in [4.69, 9.17) is 19.3 Å². The molecule has 2 aliphatic rings. The Labute approximate surface area is 227 Å². The van der Waals surface area contributed by atoms with Gasteiger partial charge in [0.15, 0.2) is 5.76 Å². The van der Waals surface area contributed by atoms with Gasteiger partial charge in [-0.15, -0.1) is 0 Å². The number of carboxylic acids is 1. The molecule has 0 radical (unpaired) electrons. The molecule has 0 amide bonds. The molecule has 2 aromatic carbocycles. The van der Waals surface area contributed by atoms with Crippen LogP contribution in [0.15, 0.2) is 71.3 Å². The van der Waals surface area contributed by atoms with Crippen LogP contribution in [0.1, 0.15) is 91.8 Å². The summed E-state index contributed by atoms with van der Waals surface area (Å²) in [6.45, 7) is 7.88. The third-order valence-corrected chi connectivity index (χ3v) is 7.95. The Balaban J connectivity index is 0.000000307. The van der Waals surface area contributed by atoms with Gasteiger partial charge in [-0.3, -0.25) is 0 Å². The van der Waals surface area contributed by atoms with Crippen molar-refractivity contribution in [2.45, 2.75) is 70.8 Å². The summed E-state index contributed by atoms with van der Waals surface area (Å²) in [4.78, 5) is 24.6. The minimum atomic E-state index is -0.879. The summed E-state index contributed by atoms with van der Waals surface area (Å²) in [7, 11) is 0. The first kappa shape index (κ1) is 29.3. The van der Waals surface area contributed by atoms with Gasteiger partial charge < -0.3 is 19.2 Å². The van der Waals surface area contributed by atoms with E-state index in [9.17, 15) is 4.79 Å². The molecule has 1 aromatic heterocycles. The van der Waals surface area contributed by atoms with E-state index in [1.807, 2.05) is 13.0 Å². The van der Waals surface area contributed by atoms with Gasteiger partial charge in [0.05, 0.1) is 30.8 Å². The summed E-state index contributed by atoms with van der Waals surface area (Å²) >= 11 is 0. The Bertz CT molecular complexity index is 1060. The summed E-state index contributed by atoms with van der Waals surface area (Å²) in [6.07, 6.45) is 12.7. The topological polar surface area (TPSA) is 84.8 Å². The lowest BCUT2D eigenvalue weighted by Gasteiger charge is -2.29. The first-order valence-corrected chi connectivity index (χ1v) is 14.0. The maximum Gasteiger partial charge on any atom is 0.335 e. The van der Waals surface area contributed by atoms with Crippen LogP contribution in [0.5, 0.6) is 0 Å². The number of aromatic carboxylic acids is 1. The predicted octanol–water partition coefficient (Wildman–Crippen LogP) is 5.79. The van der Waals surface area contributed by atoms with Crippen molar-refractivity contribution in [1.82, 2.24) is 4.98 Å². The Morgan fingerprint density at radius 2 is 1.58 bits per heavy atom.